The predicted octanol–water partition coefficient (Wildman–Crippen LogP) is 4.44. The number of carbonyl (C=O) groups is 1. The van der Waals surface area contributed by atoms with Crippen LogP contribution in [0.15, 0.2) is 72.9 Å². The van der Waals surface area contributed by atoms with Gasteiger partial charge >= 0.3 is 0 Å². The van der Waals surface area contributed by atoms with Gasteiger partial charge in [0.1, 0.15) is 5.69 Å². The van der Waals surface area contributed by atoms with E-state index in [9.17, 15) is 4.79 Å². The number of rotatable bonds is 8. The van der Waals surface area contributed by atoms with E-state index in [1.165, 1.54) is 5.56 Å². The fraction of sp³-hybridized carbons (Fsp3) is 0.217. The van der Waals surface area contributed by atoms with E-state index in [0.29, 0.717) is 5.69 Å². The van der Waals surface area contributed by atoms with Crippen LogP contribution in [-0.2, 0) is 6.42 Å². The molecular weight excluding hydrogens is 348 g/mol. The second-order valence-corrected chi connectivity index (χ2v) is 6.84. The van der Waals surface area contributed by atoms with Gasteiger partial charge in [-0.2, -0.15) is 0 Å². The average molecular weight is 374 g/mol. The van der Waals surface area contributed by atoms with Gasteiger partial charge in [-0.3, -0.25) is 9.78 Å². The first-order valence-corrected chi connectivity index (χ1v) is 9.44. The van der Waals surface area contributed by atoms with Crippen LogP contribution in [0.4, 0.5) is 17.1 Å². The minimum absolute atomic E-state index is 0.217. The molecule has 0 aliphatic heterocycles. The molecule has 3 aromatic rings. The van der Waals surface area contributed by atoms with Crippen molar-refractivity contribution in [3.05, 3.63) is 84.2 Å². The zero-order valence-corrected chi connectivity index (χ0v) is 16.4. The van der Waals surface area contributed by atoms with Gasteiger partial charge in [-0.25, -0.2) is 0 Å². The summed E-state index contributed by atoms with van der Waals surface area (Å²) in [6, 6.07) is 21.8. The Balaban J connectivity index is 1.52. The van der Waals surface area contributed by atoms with Gasteiger partial charge in [-0.15, -0.1) is 0 Å². The number of benzene rings is 2. The van der Waals surface area contributed by atoms with E-state index >= 15 is 0 Å². The van der Waals surface area contributed by atoms with Gasteiger partial charge in [-0.1, -0.05) is 30.3 Å². The van der Waals surface area contributed by atoms with E-state index in [2.05, 4.69) is 39.9 Å². The molecule has 0 bridgehead atoms. The molecule has 0 unspecified atom stereocenters. The molecule has 0 radical (unpaired) electrons. The van der Waals surface area contributed by atoms with Crippen LogP contribution >= 0.6 is 0 Å². The number of anilines is 3. The van der Waals surface area contributed by atoms with E-state index in [1.54, 1.807) is 12.3 Å². The van der Waals surface area contributed by atoms with Crippen molar-refractivity contribution >= 4 is 23.0 Å². The third-order valence-electron chi connectivity index (χ3n) is 4.45. The Morgan fingerprint density at radius 2 is 1.71 bits per heavy atom. The fourth-order valence-electron chi connectivity index (χ4n) is 2.87. The Morgan fingerprint density at radius 1 is 0.964 bits per heavy atom. The highest BCUT2D eigenvalue weighted by molar-refractivity contribution is 6.03. The molecule has 0 spiro atoms. The molecule has 5 nitrogen and oxygen atoms in total. The number of hydrogen-bond donors (Lipinski definition) is 2. The zero-order valence-electron chi connectivity index (χ0n) is 16.4. The summed E-state index contributed by atoms with van der Waals surface area (Å²) in [5.74, 6) is -0.217. The lowest BCUT2D eigenvalue weighted by Gasteiger charge is -2.13. The predicted molar refractivity (Wildman–Crippen MR) is 116 cm³/mol. The molecule has 1 aromatic heterocycles. The van der Waals surface area contributed by atoms with Gasteiger partial charge in [0.15, 0.2) is 0 Å². The van der Waals surface area contributed by atoms with E-state index in [1.807, 2.05) is 55.4 Å². The van der Waals surface area contributed by atoms with Crippen LogP contribution in [0, 0.1) is 0 Å². The first kappa shape index (κ1) is 19.4. The smallest absolute Gasteiger partial charge is 0.274 e. The van der Waals surface area contributed by atoms with Gasteiger partial charge in [0.25, 0.3) is 5.91 Å². The average Bonchev–Trinajstić information content (AvgIpc) is 2.72. The largest absolute Gasteiger partial charge is 0.385 e. The lowest BCUT2D eigenvalue weighted by Crippen LogP contribution is -2.14. The normalized spacial score (nSPS) is 10.4. The van der Waals surface area contributed by atoms with Gasteiger partial charge in [-0.05, 0) is 54.8 Å². The van der Waals surface area contributed by atoms with Crippen LogP contribution in [0.1, 0.15) is 22.5 Å². The van der Waals surface area contributed by atoms with Gasteiger partial charge < -0.3 is 15.5 Å². The molecule has 0 aliphatic rings. The molecule has 1 amide bonds. The summed E-state index contributed by atoms with van der Waals surface area (Å²) in [6.45, 7) is 0.839. The molecule has 1 heterocycles. The van der Waals surface area contributed by atoms with Crippen LogP contribution in [-0.4, -0.2) is 31.5 Å². The van der Waals surface area contributed by atoms with Crippen molar-refractivity contribution in [1.82, 2.24) is 4.98 Å². The van der Waals surface area contributed by atoms with Crippen molar-refractivity contribution < 1.29 is 4.79 Å². The van der Waals surface area contributed by atoms with Crippen LogP contribution < -0.4 is 15.5 Å². The SMILES string of the molecule is CN(C)c1ccc(NC(=O)c2cc(NCCCc3ccccc3)ccn2)cc1. The van der Waals surface area contributed by atoms with Crippen LogP contribution in [0.2, 0.25) is 0 Å². The maximum Gasteiger partial charge on any atom is 0.274 e. The molecular formula is C23H26N4O. The van der Waals surface area contributed by atoms with Crippen molar-refractivity contribution in [2.24, 2.45) is 0 Å². The summed E-state index contributed by atoms with van der Waals surface area (Å²) in [7, 11) is 3.96. The van der Waals surface area contributed by atoms with Crippen LogP contribution in [0.3, 0.4) is 0 Å². The lowest BCUT2D eigenvalue weighted by atomic mass is 10.1. The molecule has 0 saturated heterocycles. The first-order chi connectivity index (χ1) is 13.6. The number of nitrogens with one attached hydrogen (secondary N) is 2. The van der Waals surface area contributed by atoms with Crippen molar-refractivity contribution in [2.45, 2.75) is 12.8 Å². The van der Waals surface area contributed by atoms with Gasteiger partial charge in [0, 0.05) is 43.9 Å². The number of aromatic nitrogens is 1. The molecule has 144 valence electrons. The Labute approximate surface area is 166 Å². The highest BCUT2D eigenvalue weighted by Gasteiger charge is 2.09. The van der Waals surface area contributed by atoms with E-state index < -0.39 is 0 Å². The van der Waals surface area contributed by atoms with Crippen molar-refractivity contribution in [1.29, 1.82) is 0 Å². The summed E-state index contributed by atoms with van der Waals surface area (Å²) >= 11 is 0. The second-order valence-electron chi connectivity index (χ2n) is 6.84. The highest BCUT2D eigenvalue weighted by Crippen LogP contribution is 2.17. The van der Waals surface area contributed by atoms with E-state index in [0.717, 1.165) is 36.4 Å². The molecule has 5 heteroatoms. The Bertz CT molecular complexity index is 892. The first-order valence-electron chi connectivity index (χ1n) is 9.44. The third-order valence-corrected chi connectivity index (χ3v) is 4.45. The van der Waals surface area contributed by atoms with Crippen LogP contribution in [0.25, 0.3) is 0 Å². The van der Waals surface area contributed by atoms with E-state index in [4.69, 9.17) is 0 Å². The Kier molecular flexibility index (Phi) is 6.63. The number of aryl methyl sites for hydroxylation is 1. The maximum atomic E-state index is 12.5. The quantitative estimate of drug-likeness (QED) is 0.572. The summed E-state index contributed by atoms with van der Waals surface area (Å²) < 4.78 is 0. The summed E-state index contributed by atoms with van der Waals surface area (Å²) in [6.07, 6.45) is 3.70. The lowest BCUT2D eigenvalue weighted by molar-refractivity contribution is 0.102. The van der Waals surface area contributed by atoms with Crippen molar-refractivity contribution in [2.75, 3.05) is 36.2 Å². The molecule has 0 atom stereocenters. The molecule has 2 N–H and O–H groups in total. The van der Waals surface area contributed by atoms with Crippen LogP contribution in [0.5, 0.6) is 0 Å². The standard InChI is InChI=1S/C23H26N4O/c1-27(2)21-12-10-19(11-13-21)26-23(28)22-17-20(14-16-25-22)24-15-6-9-18-7-4-3-5-8-18/h3-5,7-8,10-14,16-17H,6,9,15H2,1-2H3,(H,24,25)(H,26,28). The van der Waals surface area contributed by atoms with Crippen molar-refractivity contribution in [3.63, 3.8) is 0 Å². The number of pyridine rings is 1. The van der Waals surface area contributed by atoms with Gasteiger partial charge in [0.2, 0.25) is 0 Å². The number of nitrogens with zero attached hydrogens (tertiary/aromatic N) is 2. The van der Waals surface area contributed by atoms with Crippen molar-refractivity contribution in [3.8, 4) is 0 Å². The fourth-order valence-corrected chi connectivity index (χ4v) is 2.87. The maximum absolute atomic E-state index is 12.5. The minimum Gasteiger partial charge on any atom is -0.385 e. The summed E-state index contributed by atoms with van der Waals surface area (Å²) in [5.41, 5.74) is 4.46. The molecule has 0 saturated carbocycles. The molecule has 2 aromatic carbocycles. The minimum atomic E-state index is -0.217. The Morgan fingerprint density at radius 3 is 2.43 bits per heavy atom. The third kappa shape index (κ3) is 5.58. The topological polar surface area (TPSA) is 57.3 Å². The number of hydrogen-bond acceptors (Lipinski definition) is 4. The highest BCUT2D eigenvalue weighted by atomic mass is 16.1. The molecule has 0 fully saturated rings. The Hall–Kier alpha value is -3.34. The number of amides is 1. The summed E-state index contributed by atoms with van der Waals surface area (Å²) in [4.78, 5) is 18.7. The van der Waals surface area contributed by atoms with E-state index in [-0.39, 0.29) is 5.91 Å². The summed E-state index contributed by atoms with van der Waals surface area (Å²) in [5, 5.41) is 6.26. The molecule has 0 aliphatic carbocycles. The molecule has 28 heavy (non-hydrogen) atoms. The zero-order chi connectivity index (χ0) is 19.8. The monoisotopic (exact) mass is 374 g/mol. The number of carbonyl (C=O) groups excluding carboxylic acids is 1. The second kappa shape index (κ2) is 9.55. The van der Waals surface area contributed by atoms with Gasteiger partial charge in [0.05, 0.1) is 0 Å². The molecule has 3 rings (SSSR count).